The van der Waals surface area contributed by atoms with E-state index in [1.165, 1.54) is 270 Å². The number of aliphatic hydroxyl groups is 2. The number of unbranched alkanes of at least 4 members (excludes halogenated alkanes) is 44. The van der Waals surface area contributed by atoms with E-state index < -0.39 is 12.1 Å². The zero-order chi connectivity index (χ0) is 52.9. The van der Waals surface area contributed by atoms with Gasteiger partial charge in [0.15, 0.2) is 0 Å². The number of amides is 1. The van der Waals surface area contributed by atoms with Crippen molar-refractivity contribution < 1.29 is 24.5 Å². The lowest BCUT2D eigenvalue weighted by molar-refractivity contribution is -0.143. The molecule has 0 aromatic carbocycles. The number of hydrogen-bond acceptors (Lipinski definition) is 5. The molecule has 0 aliphatic heterocycles. The maximum Gasteiger partial charge on any atom is 0.305 e. The van der Waals surface area contributed by atoms with Gasteiger partial charge < -0.3 is 20.3 Å². The molecule has 6 heteroatoms. The summed E-state index contributed by atoms with van der Waals surface area (Å²) in [6.07, 6.45) is 78.7. The third-order valence-electron chi connectivity index (χ3n) is 15.2. The molecule has 3 N–H and O–H groups in total. The zero-order valence-electron chi connectivity index (χ0n) is 49.1. The number of nitrogens with one attached hydrogen (secondary N) is 1. The van der Waals surface area contributed by atoms with Gasteiger partial charge in [-0.15, -0.1) is 0 Å². The molecule has 0 aromatic rings. The van der Waals surface area contributed by atoms with E-state index in [0.717, 1.165) is 51.4 Å². The predicted molar refractivity (Wildman–Crippen MR) is 319 cm³/mol. The van der Waals surface area contributed by atoms with E-state index in [9.17, 15) is 19.8 Å². The second-order valence-corrected chi connectivity index (χ2v) is 22.4. The summed E-state index contributed by atoms with van der Waals surface area (Å²) in [4.78, 5) is 24.6. The van der Waals surface area contributed by atoms with Gasteiger partial charge in [0, 0.05) is 12.8 Å². The summed E-state index contributed by atoms with van der Waals surface area (Å²) in [6.45, 7) is 4.94. The van der Waals surface area contributed by atoms with Gasteiger partial charge in [-0.05, 0) is 83.5 Å². The number of esters is 1. The quantitative estimate of drug-likeness (QED) is 0.0320. The SMILES string of the molecule is CCCCC/C=C\C/C=C\CCCCCCCC(=O)OCCCCCCCCCCCC/C=C\CCCCCCCCCC(=O)NC(CO)C(O)CCCCCCCCCCCCCCCCCCCCCC. The lowest BCUT2D eigenvalue weighted by Gasteiger charge is -2.22. The Hall–Kier alpha value is -1.92. The molecule has 0 saturated carbocycles. The summed E-state index contributed by atoms with van der Waals surface area (Å²) in [6, 6.07) is -0.549. The van der Waals surface area contributed by atoms with Gasteiger partial charge in [0.1, 0.15) is 0 Å². The Labute approximate surface area is 455 Å². The molecule has 2 atom stereocenters. The van der Waals surface area contributed by atoms with E-state index in [2.05, 4.69) is 55.6 Å². The van der Waals surface area contributed by atoms with Crippen LogP contribution in [0.25, 0.3) is 0 Å². The molecule has 0 heterocycles. The fraction of sp³-hybridized carbons (Fsp3) is 0.881. The highest BCUT2D eigenvalue weighted by Crippen LogP contribution is 2.18. The van der Waals surface area contributed by atoms with Crippen molar-refractivity contribution in [2.45, 2.75) is 366 Å². The van der Waals surface area contributed by atoms with Crippen molar-refractivity contribution in [2.75, 3.05) is 13.2 Å². The van der Waals surface area contributed by atoms with E-state index in [0.29, 0.717) is 25.9 Å². The minimum atomic E-state index is -0.671. The molecular formula is C67H127NO5. The summed E-state index contributed by atoms with van der Waals surface area (Å²) in [7, 11) is 0. The van der Waals surface area contributed by atoms with Crippen LogP contribution in [-0.2, 0) is 14.3 Å². The number of rotatable bonds is 61. The first-order valence-electron chi connectivity index (χ1n) is 32.7. The number of allylic oxidation sites excluding steroid dienone is 6. The van der Waals surface area contributed by atoms with Crippen LogP contribution in [0, 0.1) is 0 Å². The molecule has 0 aromatic heterocycles. The predicted octanol–water partition coefficient (Wildman–Crippen LogP) is 20.8. The van der Waals surface area contributed by atoms with Crippen molar-refractivity contribution in [3.8, 4) is 0 Å². The first kappa shape index (κ1) is 71.1. The van der Waals surface area contributed by atoms with Gasteiger partial charge >= 0.3 is 5.97 Å². The standard InChI is InChI=1S/C67H127NO5/c1-3-5-7-9-11-13-15-17-19-20-21-25-28-32-35-39-43-47-51-55-59-65(70)64(63-69)68-66(71)60-56-52-48-44-40-36-33-29-26-23-22-24-27-30-34-38-42-46-50-54-58-62-73-67(72)61-57-53-49-45-41-37-31-18-16-14-12-10-8-6-4-2/h12,14,18,23,26,31,64-65,69-70H,3-11,13,15-17,19-22,24-25,27-30,32-63H2,1-2H3,(H,68,71)/b14-12-,26-23-,31-18-. The van der Waals surface area contributed by atoms with Crippen LogP contribution < -0.4 is 5.32 Å². The molecule has 0 aliphatic rings. The number of carbonyl (C=O) groups is 2. The molecule has 0 spiro atoms. The fourth-order valence-corrected chi connectivity index (χ4v) is 10.1. The molecule has 0 fully saturated rings. The number of hydrogen-bond donors (Lipinski definition) is 3. The van der Waals surface area contributed by atoms with Crippen LogP contribution in [0.4, 0.5) is 0 Å². The van der Waals surface area contributed by atoms with Gasteiger partial charge in [-0.1, -0.05) is 294 Å². The Morgan fingerprint density at radius 2 is 0.685 bits per heavy atom. The molecular weight excluding hydrogens is 899 g/mol. The normalized spacial score (nSPS) is 12.8. The highest BCUT2D eigenvalue weighted by Gasteiger charge is 2.20. The smallest absolute Gasteiger partial charge is 0.305 e. The van der Waals surface area contributed by atoms with E-state index in [1.807, 2.05) is 0 Å². The Morgan fingerprint density at radius 3 is 1.08 bits per heavy atom. The van der Waals surface area contributed by atoms with Crippen LogP contribution in [0.15, 0.2) is 36.5 Å². The van der Waals surface area contributed by atoms with Crippen LogP contribution in [0.5, 0.6) is 0 Å². The second kappa shape index (κ2) is 62.6. The van der Waals surface area contributed by atoms with Crippen molar-refractivity contribution in [3.63, 3.8) is 0 Å². The molecule has 1 amide bonds. The Balaban J connectivity index is 3.43. The van der Waals surface area contributed by atoms with Crippen LogP contribution in [0.2, 0.25) is 0 Å². The topological polar surface area (TPSA) is 95.9 Å². The molecule has 0 bridgehead atoms. The van der Waals surface area contributed by atoms with E-state index in [4.69, 9.17) is 4.74 Å². The van der Waals surface area contributed by atoms with Gasteiger partial charge in [0.25, 0.3) is 0 Å². The van der Waals surface area contributed by atoms with Gasteiger partial charge in [0.05, 0.1) is 25.4 Å². The first-order valence-corrected chi connectivity index (χ1v) is 32.7. The third kappa shape index (κ3) is 59.2. The van der Waals surface area contributed by atoms with Crippen molar-refractivity contribution in [3.05, 3.63) is 36.5 Å². The average molecular weight is 1030 g/mol. The van der Waals surface area contributed by atoms with Gasteiger partial charge in [0.2, 0.25) is 5.91 Å². The van der Waals surface area contributed by atoms with E-state index in [-0.39, 0.29) is 18.5 Å². The maximum absolute atomic E-state index is 12.5. The van der Waals surface area contributed by atoms with Gasteiger partial charge in [-0.3, -0.25) is 9.59 Å². The zero-order valence-corrected chi connectivity index (χ0v) is 49.1. The molecule has 6 nitrogen and oxygen atoms in total. The molecule has 0 rings (SSSR count). The summed E-state index contributed by atoms with van der Waals surface area (Å²) >= 11 is 0. The third-order valence-corrected chi connectivity index (χ3v) is 15.2. The average Bonchev–Trinajstić information content (AvgIpc) is 3.39. The van der Waals surface area contributed by atoms with Crippen LogP contribution in [0.1, 0.15) is 354 Å². The second-order valence-electron chi connectivity index (χ2n) is 22.4. The lowest BCUT2D eigenvalue weighted by Crippen LogP contribution is -2.45. The summed E-state index contributed by atoms with van der Waals surface area (Å²) in [5.74, 6) is -0.0455. The summed E-state index contributed by atoms with van der Waals surface area (Å²) in [5, 5.41) is 23.4. The van der Waals surface area contributed by atoms with Crippen molar-refractivity contribution >= 4 is 11.9 Å². The van der Waals surface area contributed by atoms with Crippen LogP contribution in [0.3, 0.4) is 0 Å². The largest absolute Gasteiger partial charge is 0.466 e. The van der Waals surface area contributed by atoms with Gasteiger partial charge in [-0.25, -0.2) is 0 Å². The van der Waals surface area contributed by atoms with Gasteiger partial charge in [-0.2, -0.15) is 0 Å². The fourth-order valence-electron chi connectivity index (χ4n) is 10.1. The van der Waals surface area contributed by atoms with Crippen molar-refractivity contribution in [2.24, 2.45) is 0 Å². The molecule has 430 valence electrons. The molecule has 0 aliphatic carbocycles. The highest BCUT2D eigenvalue weighted by molar-refractivity contribution is 5.76. The maximum atomic E-state index is 12.5. The Kier molecular flexibility index (Phi) is 61.0. The van der Waals surface area contributed by atoms with Crippen LogP contribution >= 0.6 is 0 Å². The minimum absolute atomic E-state index is 0.00540. The minimum Gasteiger partial charge on any atom is -0.466 e. The summed E-state index contributed by atoms with van der Waals surface area (Å²) < 4.78 is 5.48. The molecule has 0 saturated heterocycles. The highest BCUT2D eigenvalue weighted by atomic mass is 16.5. The Bertz CT molecular complexity index is 1180. The van der Waals surface area contributed by atoms with Crippen molar-refractivity contribution in [1.82, 2.24) is 5.32 Å². The monoisotopic (exact) mass is 1030 g/mol. The lowest BCUT2D eigenvalue weighted by atomic mass is 10.0. The molecule has 0 radical (unpaired) electrons. The molecule has 2 unspecified atom stereocenters. The van der Waals surface area contributed by atoms with Crippen molar-refractivity contribution in [1.29, 1.82) is 0 Å². The molecule has 73 heavy (non-hydrogen) atoms. The number of carbonyl (C=O) groups excluding carboxylic acids is 2. The summed E-state index contributed by atoms with van der Waals surface area (Å²) in [5.41, 5.74) is 0. The van der Waals surface area contributed by atoms with Crippen LogP contribution in [-0.4, -0.2) is 47.4 Å². The number of ether oxygens (including phenoxy) is 1. The van der Waals surface area contributed by atoms with E-state index >= 15 is 0 Å². The first-order chi connectivity index (χ1) is 36.0. The number of aliphatic hydroxyl groups excluding tert-OH is 2. The Morgan fingerprint density at radius 1 is 0.384 bits per heavy atom. The van der Waals surface area contributed by atoms with E-state index in [1.54, 1.807) is 0 Å².